The number of pyridine rings is 1. The fraction of sp³-hybridized carbons (Fsp3) is 0.105. The topological polar surface area (TPSA) is 93.3 Å². The third kappa shape index (κ3) is 3.92. The molecule has 0 saturated heterocycles. The van der Waals surface area contributed by atoms with Crippen LogP contribution in [0.3, 0.4) is 0 Å². The number of aromatic carboxylic acids is 1. The molecule has 1 heterocycles. The van der Waals surface area contributed by atoms with E-state index < -0.39 is 5.97 Å². The number of carboxylic acids is 1. The molecule has 1 amide bonds. The molecule has 3 rings (SSSR count). The third-order valence-corrected chi connectivity index (χ3v) is 3.89. The molecule has 0 radical (unpaired) electrons. The normalized spacial score (nSPS) is 10.6. The van der Waals surface area contributed by atoms with Gasteiger partial charge in [-0.05, 0) is 29.5 Å². The van der Waals surface area contributed by atoms with E-state index in [0.717, 1.165) is 21.1 Å². The van der Waals surface area contributed by atoms with E-state index in [-0.39, 0.29) is 23.6 Å². The Morgan fingerprint density at radius 1 is 1.08 bits per heavy atom. The number of nitrogens with one attached hydrogen (secondary N) is 1. The van der Waals surface area contributed by atoms with Crippen molar-refractivity contribution in [2.45, 2.75) is 12.8 Å². The number of hydrogen-bond acceptors (Lipinski definition) is 4. The van der Waals surface area contributed by atoms with Gasteiger partial charge in [-0.25, -0.2) is 0 Å². The van der Waals surface area contributed by atoms with Crippen LogP contribution in [0.25, 0.3) is 10.8 Å². The molecule has 3 aromatic rings. The van der Waals surface area contributed by atoms with Gasteiger partial charge < -0.3 is 15.2 Å². The lowest BCUT2D eigenvalue weighted by Gasteiger charge is -2.11. The molecule has 0 aliphatic heterocycles. The van der Waals surface area contributed by atoms with Crippen molar-refractivity contribution >= 4 is 28.3 Å². The van der Waals surface area contributed by atoms with Crippen LogP contribution in [0.1, 0.15) is 22.3 Å². The monoisotopic (exact) mass is 336 g/mol. The Kier molecular flexibility index (Phi) is 4.61. The lowest BCUT2D eigenvalue weighted by molar-refractivity contribution is -0.903. The molecule has 126 valence electrons. The lowest BCUT2D eigenvalue weighted by atomic mass is 10.0. The van der Waals surface area contributed by atoms with Gasteiger partial charge in [0.25, 0.3) is 0 Å². The smallest absolute Gasteiger partial charge is 0.230 e. The number of carbonyl (C=O) groups is 2. The number of hydrogen-bond donors (Lipinski definition) is 2. The second-order valence-electron chi connectivity index (χ2n) is 5.67. The van der Waals surface area contributed by atoms with Crippen LogP contribution in [-0.4, -0.2) is 17.1 Å². The summed E-state index contributed by atoms with van der Waals surface area (Å²) >= 11 is 0. The van der Waals surface area contributed by atoms with Crippen molar-refractivity contribution in [1.82, 2.24) is 0 Å². The van der Waals surface area contributed by atoms with Crippen molar-refractivity contribution in [1.29, 1.82) is 0 Å². The maximum absolute atomic E-state index is 12.1. The van der Waals surface area contributed by atoms with E-state index in [2.05, 4.69) is 5.32 Å². The average Bonchev–Trinajstić information content (AvgIpc) is 2.60. The van der Waals surface area contributed by atoms with Crippen LogP contribution >= 0.6 is 0 Å². The van der Waals surface area contributed by atoms with Crippen molar-refractivity contribution in [3.8, 4) is 0 Å². The van der Waals surface area contributed by atoms with E-state index in [4.69, 9.17) is 0 Å². The summed E-state index contributed by atoms with van der Waals surface area (Å²) < 4.78 is 0.982. The van der Waals surface area contributed by atoms with E-state index in [0.29, 0.717) is 6.42 Å². The van der Waals surface area contributed by atoms with Crippen LogP contribution in [0.5, 0.6) is 0 Å². The molecule has 0 atom stereocenters. The molecule has 0 saturated carbocycles. The van der Waals surface area contributed by atoms with E-state index in [1.807, 2.05) is 18.2 Å². The summed E-state index contributed by atoms with van der Waals surface area (Å²) in [7, 11) is 0. The summed E-state index contributed by atoms with van der Waals surface area (Å²) in [5, 5.41) is 25.0. The number of rotatable bonds is 5. The summed E-state index contributed by atoms with van der Waals surface area (Å²) in [5.41, 5.74) is 1.13. The van der Waals surface area contributed by atoms with Crippen molar-refractivity contribution in [3.63, 3.8) is 0 Å². The first-order valence-electron chi connectivity index (χ1n) is 7.76. The van der Waals surface area contributed by atoms with E-state index in [9.17, 15) is 19.9 Å². The minimum Gasteiger partial charge on any atom is -0.545 e. The second-order valence-corrected chi connectivity index (χ2v) is 5.67. The van der Waals surface area contributed by atoms with E-state index >= 15 is 0 Å². The predicted molar refractivity (Wildman–Crippen MR) is 89.1 cm³/mol. The molecule has 0 spiro atoms. The number of amides is 1. The van der Waals surface area contributed by atoms with Crippen LogP contribution in [-0.2, 0) is 11.2 Å². The maximum Gasteiger partial charge on any atom is 0.230 e. The Morgan fingerprint density at radius 3 is 2.68 bits per heavy atom. The average molecular weight is 336 g/mol. The largest absolute Gasteiger partial charge is 0.545 e. The Labute approximate surface area is 143 Å². The molecule has 2 N–H and O–H groups in total. The number of carbonyl (C=O) groups excluding carboxylic acids is 2. The summed E-state index contributed by atoms with van der Waals surface area (Å²) in [4.78, 5) is 23.2. The minimum atomic E-state index is -1.33. The summed E-state index contributed by atoms with van der Waals surface area (Å²) in [6.07, 6.45) is 3.84. The van der Waals surface area contributed by atoms with Crippen LogP contribution in [0.2, 0.25) is 0 Å². The highest BCUT2D eigenvalue weighted by Crippen LogP contribution is 2.17. The first-order chi connectivity index (χ1) is 12.0. The predicted octanol–water partition coefficient (Wildman–Crippen LogP) is 1.30. The highest BCUT2D eigenvalue weighted by atomic mass is 16.5. The Balaban J connectivity index is 1.67. The zero-order valence-electron chi connectivity index (χ0n) is 13.3. The number of anilines is 1. The molecule has 0 fully saturated rings. The zero-order chi connectivity index (χ0) is 17.8. The molecule has 6 nitrogen and oxygen atoms in total. The molecular weight excluding hydrogens is 320 g/mol. The van der Waals surface area contributed by atoms with Crippen LogP contribution in [0.15, 0.2) is 60.9 Å². The van der Waals surface area contributed by atoms with E-state index in [1.165, 1.54) is 12.1 Å². The van der Waals surface area contributed by atoms with Gasteiger partial charge in [-0.15, -0.1) is 0 Å². The summed E-state index contributed by atoms with van der Waals surface area (Å²) in [5.74, 6) is -1.61. The summed E-state index contributed by atoms with van der Waals surface area (Å²) in [6.45, 7) is 0. The Morgan fingerprint density at radius 2 is 1.88 bits per heavy atom. The van der Waals surface area contributed by atoms with Gasteiger partial charge >= 0.3 is 0 Å². The highest BCUT2D eigenvalue weighted by Gasteiger charge is 2.08. The molecule has 0 aliphatic rings. The Bertz CT molecular complexity index is 953. The molecule has 0 unspecified atom stereocenters. The number of nitrogens with zero attached hydrogens (tertiary/aromatic N) is 1. The van der Waals surface area contributed by atoms with Gasteiger partial charge in [-0.1, -0.05) is 30.3 Å². The fourth-order valence-electron chi connectivity index (χ4n) is 2.63. The number of benzene rings is 2. The van der Waals surface area contributed by atoms with Gasteiger partial charge in [0.15, 0.2) is 0 Å². The maximum atomic E-state index is 12.1. The quantitative estimate of drug-likeness (QED) is 0.542. The molecule has 0 bridgehead atoms. The van der Waals surface area contributed by atoms with Gasteiger partial charge in [0.05, 0.1) is 11.4 Å². The minimum absolute atomic E-state index is 0.0472. The number of carboxylic acid groups (broad SMARTS) is 1. The van der Waals surface area contributed by atoms with Crippen molar-refractivity contribution in [3.05, 3.63) is 72.1 Å². The lowest BCUT2D eigenvalue weighted by Crippen LogP contribution is -2.27. The van der Waals surface area contributed by atoms with Crippen LogP contribution in [0, 0.1) is 0 Å². The van der Waals surface area contributed by atoms with Gasteiger partial charge in [0, 0.05) is 28.5 Å². The van der Waals surface area contributed by atoms with Gasteiger partial charge in [-0.2, -0.15) is 0 Å². The number of aryl methyl sites for hydroxylation is 1. The SMILES string of the molecule is O=C(CCc1ccc2cc[n+](O)cc2c1)Nc1ccccc1C(=O)[O-]. The third-order valence-electron chi connectivity index (χ3n) is 3.89. The zero-order valence-corrected chi connectivity index (χ0v) is 13.3. The highest BCUT2D eigenvalue weighted by molar-refractivity contribution is 5.99. The van der Waals surface area contributed by atoms with Crippen LogP contribution in [0.4, 0.5) is 5.69 Å². The molecular formula is C19H16N2O4. The Hall–Kier alpha value is -3.41. The number of fused-ring (bicyclic) bond motifs is 1. The van der Waals surface area contributed by atoms with Gasteiger partial charge in [-0.3, -0.25) is 10.0 Å². The van der Waals surface area contributed by atoms with Gasteiger partial charge in [0.1, 0.15) is 0 Å². The van der Waals surface area contributed by atoms with Crippen molar-refractivity contribution < 1.29 is 24.6 Å². The standard InChI is InChI=1S/C19H16N2O4/c22-18(20-17-4-2-1-3-16(17)19(23)24)8-6-13-5-7-14-9-10-21(25)12-15(14)11-13/h1-5,7,9-12H,6,8H2,(H2-,20,22,23,24,25). The first kappa shape index (κ1) is 16.4. The summed E-state index contributed by atoms with van der Waals surface area (Å²) in [6, 6.07) is 13.7. The van der Waals surface area contributed by atoms with Crippen molar-refractivity contribution in [2.75, 3.05) is 5.32 Å². The molecule has 25 heavy (non-hydrogen) atoms. The molecule has 6 heteroatoms. The molecule has 1 aromatic heterocycles. The van der Waals surface area contributed by atoms with E-state index in [1.54, 1.807) is 30.6 Å². The first-order valence-corrected chi connectivity index (χ1v) is 7.76. The molecule has 2 aromatic carbocycles. The molecule has 0 aliphatic carbocycles. The number of para-hydroxylation sites is 1. The van der Waals surface area contributed by atoms with Crippen molar-refractivity contribution in [2.24, 2.45) is 0 Å². The van der Waals surface area contributed by atoms with Crippen LogP contribution < -0.4 is 15.2 Å². The fourth-order valence-corrected chi connectivity index (χ4v) is 2.63. The number of aromatic nitrogens is 1. The van der Waals surface area contributed by atoms with Gasteiger partial charge in [0.2, 0.25) is 18.3 Å². The second kappa shape index (κ2) is 7.00.